The molecule has 4 unspecified atom stereocenters. The van der Waals surface area contributed by atoms with Crippen LogP contribution in [0.5, 0.6) is 0 Å². The molecule has 1 heterocycles. The normalized spacial score (nSPS) is 36.3. The molecule has 2 aliphatic carbocycles. The van der Waals surface area contributed by atoms with E-state index in [0.29, 0.717) is 25.2 Å². The Bertz CT molecular complexity index is 350. The molecule has 0 amide bonds. The van der Waals surface area contributed by atoms with E-state index >= 15 is 0 Å². The van der Waals surface area contributed by atoms with Gasteiger partial charge in [0.25, 0.3) is 0 Å². The van der Waals surface area contributed by atoms with Crippen molar-refractivity contribution >= 4 is 0 Å². The van der Waals surface area contributed by atoms with Crippen molar-refractivity contribution in [1.82, 2.24) is 10.2 Å². The van der Waals surface area contributed by atoms with Crippen molar-refractivity contribution in [2.45, 2.75) is 63.7 Å². The molecule has 1 N–H and O–H groups in total. The fourth-order valence-corrected chi connectivity index (χ4v) is 4.91. The van der Waals surface area contributed by atoms with Gasteiger partial charge in [-0.05, 0) is 69.9 Å². The third-order valence-electron chi connectivity index (χ3n) is 5.92. The van der Waals surface area contributed by atoms with Crippen molar-refractivity contribution < 1.29 is 13.2 Å². The molecule has 4 atom stereocenters. The highest BCUT2D eigenvalue weighted by Gasteiger charge is 2.42. The average Bonchev–Trinajstić information content (AvgIpc) is 3.01. The van der Waals surface area contributed by atoms with Gasteiger partial charge in [-0.1, -0.05) is 6.42 Å². The van der Waals surface area contributed by atoms with Gasteiger partial charge in [-0.3, -0.25) is 4.90 Å². The molecule has 0 aromatic carbocycles. The molecule has 5 heteroatoms. The maximum atomic E-state index is 12.4. The van der Waals surface area contributed by atoms with Crippen molar-refractivity contribution in [1.29, 1.82) is 0 Å². The molecular weight excluding hydrogens is 277 g/mol. The molecule has 0 radical (unpaired) electrons. The summed E-state index contributed by atoms with van der Waals surface area (Å²) in [5.41, 5.74) is 0. The fraction of sp³-hybridized carbons (Fsp3) is 1.00. The van der Waals surface area contributed by atoms with E-state index in [1.807, 2.05) is 0 Å². The molecule has 122 valence electrons. The number of likely N-dealkylation sites (tertiary alicyclic amines) is 1. The molecule has 0 aromatic heterocycles. The van der Waals surface area contributed by atoms with Crippen LogP contribution in [0.2, 0.25) is 0 Å². The van der Waals surface area contributed by atoms with Crippen LogP contribution < -0.4 is 5.32 Å². The second-order valence-electron chi connectivity index (χ2n) is 7.46. The van der Waals surface area contributed by atoms with Gasteiger partial charge in [0.05, 0.1) is 6.54 Å². The Hall–Kier alpha value is -0.290. The Labute approximate surface area is 125 Å². The molecule has 0 aromatic rings. The zero-order valence-corrected chi connectivity index (χ0v) is 12.8. The summed E-state index contributed by atoms with van der Waals surface area (Å²) in [6.07, 6.45) is 3.24. The van der Waals surface area contributed by atoms with Crippen LogP contribution in [0, 0.1) is 17.8 Å². The van der Waals surface area contributed by atoms with Gasteiger partial charge in [-0.15, -0.1) is 0 Å². The molecule has 1 saturated heterocycles. The predicted octanol–water partition coefficient (Wildman–Crippen LogP) is 3.43. The number of halogens is 3. The molecular formula is C16H27F3N2. The predicted molar refractivity (Wildman–Crippen MR) is 77.1 cm³/mol. The first-order valence-corrected chi connectivity index (χ1v) is 8.46. The number of piperidine rings is 1. The van der Waals surface area contributed by atoms with Gasteiger partial charge in [0.1, 0.15) is 0 Å². The summed E-state index contributed by atoms with van der Waals surface area (Å²) in [5.74, 6) is 2.66. The molecule has 3 fully saturated rings. The Balaban J connectivity index is 1.41. The van der Waals surface area contributed by atoms with Crippen LogP contribution in [0.25, 0.3) is 0 Å². The van der Waals surface area contributed by atoms with E-state index in [1.165, 1.54) is 25.7 Å². The van der Waals surface area contributed by atoms with Gasteiger partial charge in [0.2, 0.25) is 0 Å². The van der Waals surface area contributed by atoms with Crippen LogP contribution in [-0.2, 0) is 0 Å². The highest BCUT2D eigenvalue weighted by atomic mass is 19.4. The van der Waals surface area contributed by atoms with Crippen molar-refractivity contribution in [2.24, 2.45) is 17.8 Å². The number of fused-ring (bicyclic) bond motifs is 2. The van der Waals surface area contributed by atoms with E-state index in [2.05, 4.69) is 12.2 Å². The highest BCUT2D eigenvalue weighted by Crippen LogP contribution is 2.49. The lowest BCUT2D eigenvalue weighted by Gasteiger charge is -2.37. The third kappa shape index (κ3) is 3.92. The molecule has 0 spiro atoms. The van der Waals surface area contributed by atoms with Crippen LogP contribution in [-0.4, -0.2) is 42.8 Å². The first-order chi connectivity index (χ1) is 9.90. The zero-order valence-electron chi connectivity index (χ0n) is 12.8. The summed E-state index contributed by atoms with van der Waals surface area (Å²) in [6, 6.07) is 0.933. The third-order valence-corrected chi connectivity index (χ3v) is 5.92. The van der Waals surface area contributed by atoms with E-state index in [9.17, 15) is 13.2 Å². The molecule has 3 rings (SSSR count). The van der Waals surface area contributed by atoms with Crippen LogP contribution in [0.15, 0.2) is 0 Å². The standard InChI is InChI=1S/C16H27F3N2/c1-11(15-9-12-2-3-13(15)8-12)20-14-4-6-21(7-5-14)10-16(17,18)19/h11-15,20H,2-10H2,1H3. The van der Waals surface area contributed by atoms with E-state index in [4.69, 9.17) is 0 Å². The number of nitrogens with zero attached hydrogens (tertiary/aromatic N) is 1. The van der Waals surface area contributed by atoms with Crippen LogP contribution >= 0.6 is 0 Å². The Morgan fingerprint density at radius 2 is 1.81 bits per heavy atom. The number of nitrogens with one attached hydrogen (secondary N) is 1. The number of alkyl halides is 3. The zero-order chi connectivity index (χ0) is 15.0. The van der Waals surface area contributed by atoms with E-state index in [-0.39, 0.29) is 0 Å². The van der Waals surface area contributed by atoms with E-state index < -0.39 is 12.7 Å². The van der Waals surface area contributed by atoms with Gasteiger partial charge >= 0.3 is 6.18 Å². The smallest absolute Gasteiger partial charge is 0.311 e. The van der Waals surface area contributed by atoms with Crippen LogP contribution in [0.3, 0.4) is 0 Å². The minimum Gasteiger partial charge on any atom is -0.311 e. The lowest BCUT2D eigenvalue weighted by Crippen LogP contribution is -2.49. The first kappa shape index (κ1) is 15.6. The highest BCUT2D eigenvalue weighted by molar-refractivity contribution is 4.95. The summed E-state index contributed by atoms with van der Waals surface area (Å²) < 4.78 is 37.1. The summed E-state index contributed by atoms with van der Waals surface area (Å²) in [7, 11) is 0. The summed E-state index contributed by atoms with van der Waals surface area (Å²) in [5, 5.41) is 3.72. The largest absolute Gasteiger partial charge is 0.401 e. The quantitative estimate of drug-likeness (QED) is 0.856. The van der Waals surface area contributed by atoms with Gasteiger partial charge in [0, 0.05) is 12.1 Å². The van der Waals surface area contributed by atoms with Crippen molar-refractivity contribution in [2.75, 3.05) is 19.6 Å². The Kier molecular flexibility index (Phi) is 4.51. The van der Waals surface area contributed by atoms with Crippen LogP contribution in [0.4, 0.5) is 13.2 Å². The van der Waals surface area contributed by atoms with E-state index in [1.54, 1.807) is 4.90 Å². The second-order valence-corrected chi connectivity index (χ2v) is 7.46. The van der Waals surface area contributed by atoms with Gasteiger partial charge < -0.3 is 5.32 Å². The monoisotopic (exact) mass is 304 g/mol. The summed E-state index contributed by atoms with van der Waals surface area (Å²) >= 11 is 0. The van der Waals surface area contributed by atoms with Crippen molar-refractivity contribution in [3.63, 3.8) is 0 Å². The Morgan fingerprint density at radius 3 is 2.33 bits per heavy atom. The minimum atomic E-state index is -4.06. The molecule has 1 aliphatic heterocycles. The first-order valence-electron chi connectivity index (χ1n) is 8.46. The second kappa shape index (κ2) is 6.07. The SMILES string of the molecule is CC(NC1CCN(CC(F)(F)F)CC1)C1CC2CCC1C2. The van der Waals surface area contributed by atoms with Gasteiger partial charge in [-0.25, -0.2) is 0 Å². The van der Waals surface area contributed by atoms with Gasteiger partial charge in [0.15, 0.2) is 0 Å². The van der Waals surface area contributed by atoms with Gasteiger partial charge in [-0.2, -0.15) is 13.2 Å². The lowest BCUT2D eigenvalue weighted by atomic mass is 9.83. The Morgan fingerprint density at radius 1 is 1.10 bits per heavy atom. The fourth-order valence-electron chi connectivity index (χ4n) is 4.91. The topological polar surface area (TPSA) is 15.3 Å². The summed E-state index contributed by atoms with van der Waals surface area (Å²) in [6.45, 7) is 2.68. The maximum absolute atomic E-state index is 12.4. The minimum absolute atomic E-state index is 0.406. The molecule has 3 aliphatic rings. The molecule has 2 bridgehead atoms. The van der Waals surface area contributed by atoms with Crippen LogP contribution in [0.1, 0.15) is 45.4 Å². The summed E-state index contributed by atoms with van der Waals surface area (Å²) in [4.78, 5) is 1.54. The lowest BCUT2D eigenvalue weighted by molar-refractivity contribution is -0.148. The molecule has 21 heavy (non-hydrogen) atoms. The number of hydrogen-bond donors (Lipinski definition) is 1. The molecule has 2 nitrogen and oxygen atoms in total. The molecule has 2 saturated carbocycles. The number of rotatable bonds is 4. The average molecular weight is 304 g/mol. The maximum Gasteiger partial charge on any atom is 0.401 e. The van der Waals surface area contributed by atoms with Crippen molar-refractivity contribution in [3.05, 3.63) is 0 Å². The van der Waals surface area contributed by atoms with Crippen molar-refractivity contribution in [3.8, 4) is 0 Å². The number of hydrogen-bond acceptors (Lipinski definition) is 2. The van der Waals surface area contributed by atoms with E-state index in [0.717, 1.165) is 30.6 Å².